The number of fused-ring (bicyclic) bond motifs is 1. The summed E-state index contributed by atoms with van der Waals surface area (Å²) in [6.45, 7) is 2.47. The summed E-state index contributed by atoms with van der Waals surface area (Å²) in [6.07, 6.45) is 1.49. The summed E-state index contributed by atoms with van der Waals surface area (Å²) >= 11 is 0. The van der Waals surface area contributed by atoms with Gasteiger partial charge in [-0.2, -0.15) is 4.31 Å². The van der Waals surface area contributed by atoms with Gasteiger partial charge in [0.1, 0.15) is 5.82 Å². The summed E-state index contributed by atoms with van der Waals surface area (Å²) in [6, 6.07) is 8.94. The fraction of sp³-hybridized carbons (Fsp3) is 0.476. The molecule has 2 amide bonds. The van der Waals surface area contributed by atoms with E-state index in [1.807, 2.05) is 6.07 Å². The number of imidazole rings is 1. The summed E-state index contributed by atoms with van der Waals surface area (Å²) in [5.41, 5.74) is -0.409. The Morgan fingerprint density at radius 3 is 2.39 bits per heavy atom. The van der Waals surface area contributed by atoms with Crippen LogP contribution in [0.1, 0.15) is 16.2 Å². The van der Waals surface area contributed by atoms with Crippen LogP contribution in [0.4, 0.5) is 0 Å². The Hall–Kier alpha value is -2.72. The summed E-state index contributed by atoms with van der Waals surface area (Å²) in [5.74, 6) is 0.0118. The molecular weight excluding hydrogens is 418 g/mol. The van der Waals surface area contributed by atoms with Gasteiger partial charge in [-0.25, -0.2) is 13.4 Å². The number of carbonyl (C=O) groups excluding carboxylic acids is 2. The Labute approximate surface area is 182 Å². The molecule has 31 heavy (non-hydrogen) atoms. The molecule has 0 saturated carbocycles. The highest BCUT2D eigenvalue weighted by molar-refractivity contribution is 7.89. The molecule has 2 aromatic rings. The van der Waals surface area contributed by atoms with Crippen LogP contribution < -0.4 is 0 Å². The van der Waals surface area contributed by atoms with E-state index < -0.39 is 15.4 Å². The third-order valence-corrected chi connectivity index (χ3v) is 8.09. The first-order valence-electron chi connectivity index (χ1n) is 10.1. The van der Waals surface area contributed by atoms with Gasteiger partial charge in [-0.1, -0.05) is 18.2 Å². The third kappa shape index (κ3) is 3.43. The van der Waals surface area contributed by atoms with Gasteiger partial charge in [0.15, 0.2) is 5.03 Å². The quantitative estimate of drug-likeness (QED) is 0.686. The first-order valence-corrected chi connectivity index (χ1v) is 11.6. The van der Waals surface area contributed by atoms with Gasteiger partial charge in [0, 0.05) is 65.0 Å². The molecule has 1 aromatic heterocycles. The predicted octanol–water partition coefficient (Wildman–Crippen LogP) is 0.580. The van der Waals surface area contributed by atoms with Crippen molar-refractivity contribution in [2.45, 2.75) is 11.9 Å². The van der Waals surface area contributed by atoms with Crippen LogP contribution in [-0.4, -0.2) is 84.2 Å². The topological polar surface area (TPSA) is 95.8 Å². The lowest BCUT2D eigenvalue weighted by atomic mass is 9.80. The molecule has 166 valence electrons. The van der Waals surface area contributed by atoms with E-state index in [1.165, 1.54) is 15.4 Å². The maximum absolute atomic E-state index is 13.3. The number of benzene rings is 1. The van der Waals surface area contributed by atoms with Gasteiger partial charge >= 0.3 is 0 Å². The molecule has 2 saturated heterocycles. The second kappa shape index (κ2) is 7.45. The number of hydrogen-bond acceptors (Lipinski definition) is 5. The molecule has 10 heteroatoms. The molecule has 9 nitrogen and oxygen atoms in total. The van der Waals surface area contributed by atoms with Crippen molar-refractivity contribution in [1.29, 1.82) is 0 Å². The van der Waals surface area contributed by atoms with Gasteiger partial charge < -0.3 is 14.4 Å². The average molecular weight is 446 g/mol. The van der Waals surface area contributed by atoms with Crippen LogP contribution in [0.15, 0.2) is 41.6 Å². The second-order valence-electron chi connectivity index (χ2n) is 8.64. The van der Waals surface area contributed by atoms with Gasteiger partial charge in [0.25, 0.3) is 15.9 Å². The van der Waals surface area contributed by atoms with Crippen LogP contribution in [0.5, 0.6) is 0 Å². The fourth-order valence-electron chi connectivity index (χ4n) is 4.65. The molecule has 2 fully saturated rings. The zero-order valence-electron chi connectivity index (χ0n) is 18.1. The van der Waals surface area contributed by atoms with Crippen molar-refractivity contribution in [3.8, 4) is 0 Å². The van der Waals surface area contributed by atoms with Gasteiger partial charge in [0.2, 0.25) is 5.91 Å². The number of amides is 2. The largest absolute Gasteiger partial charge is 0.348 e. The molecule has 1 aromatic carbocycles. The highest BCUT2D eigenvalue weighted by Gasteiger charge is 2.60. The van der Waals surface area contributed by atoms with Crippen LogP contribution >= 0.6 is 0 Å². The van der Waals surface area contributed by atoms with Crippen molar-refractivity contribution < 1.29 is 18.0 Å². The molecule has 0 unspecified atom stereocenters. The molecule has 0 aliphatic carbocycles. The van der Waals surface area contributed by atoms with Crippen LogP contribution in [0, 0.1) is 18.3 Å². The second-order valence-corrected chi connectivity index (χ2v) is 10.5. The summed E-state index contributed by atoms with van der Waals surface area (Å²) in [5, 5.41) is -0.0165. The average Bonchev–Trinajstić information content (AvgIpc) is 3.39. The van der Waals surface area contributed by atoms with Crippen molar-refractivity contribution in [2.75, 3.05) is 40.3 Å². The van der Waals surface area contributed by atoms with E-state index in [4.69, 9.17) is 0 Å². The summed E-state index contributed by atoms with van der Waals surface area (Å²) in [7, 11) is 1.22. The number of nitrogens with zero attached hydrogens (tertiary/aromatic N) is 5. The minimum absolute atomic E-state index is 0.0165. The Bertz CT molecular complexity index is 1110. The number of likely N-dealkylation sites (tertiary alicyclic amines) is 1. The van der Waals surface area contributed by atoms with Crippen LogP contribution in [0.3, 0.4) is 0 Å². The van der Waals surface area contributed by atoms with E-state index in [1.54, 1.807) is 61.8 Å². The highest BCUT2D eigenvalue weighted by Crippen LogP contribution is 2.45. The van der Waals surface area contributed by atoms with Crippen molar-refractivity contribution in [2.24, 2.45) is 18.4 Å². The van der Waals surface area contributed by atoms with Crippen molar-refractivity contribution in [1.82, 2.24) is 23.7 Å². The first kappa shape index (κ1) is 21.5. The van der Waals surface area contributed by atoms with E-state index >= 15 is 0 Å². The Morgan fingerprint density at radius 1 is 1.13 bits per heavy atom. The van der Waals surface area contributed by atoms with Gasteiger partial charge in [-0.05, 0) is 19.1 Å². The van der Waals surface area contributed by atoms with Gasteiger partial charge in [-0.15, -0.1) is 0 Å². The Kier molecular flexibility index (Phi) is 5.17. The van der Waals surface area contributed by atoms with E-state index in [9.17, 15) is 18.0 Å². The van der Waals surface area contributed by atoms with E-state index in [0.717, 1.165) is 0 Å². The standard InChI is InChI=1S/C21H27N5O4S/c1-15-22-18(12-24(15)4)31(29,30)26-11-17-10-25(19(27)16-8-6-5-7-9-16)13-21(17,14-26)20(28)23(2)3/h5-9,12,17H,10-11,13-14H2,1-4H3/t17-,21-/m0/s1. The monoisotopic (exact) mass is 445 g/mol. The molecule has 2 aliphatic heterocycles. The van der Waals surface area contributed by atoms with Crippen LogP contribution in [0.25, 0.3) is 0 Å². The van der Waals surface area contributed by atoms with E-state index in [2.05, 4.69) is 4.98 Å². The lowest BCUT2D eigenvalue weighted by molar-refractivity contribution is -0.139. The number of aryl methyl sites for hydroxylation is 2. The molecule has 0 N–H and O–H groups in total. The molecular formula is C21H27N5O4S. The normalized spacial score (nSPS) is 23.7. The minimum atomic E-state index is -3.84. The fourth-order valence-corrected chi connectivity index (χ4v) is 6.23. The van der Waals surface area contributed by atoms with E-state index in [-0.39, 0.29) is 42.4 Å². The first-order chi connectivity index (χ1) is 14.6. The smallest absolute Gasteiger partial charge is 0.262 e. The zero-order chi connectivity index (χ0) is 22.6. The molecule has 4 rings (SSSR count). The minimum Gasteiger partial charge on any atom is -0.348 e. The van der Waals surface area contributed by atoms with Crippen molar-refractivity contribution in [3.05, 3.63) is 47.9 Å². The Balaban J connectivity index is 1.64. The SMILES string of the molecule is Cc1nc(S(=O)(=O)N2C[C@@H]3CN(C(=O)c4ccccc4)C[C@]3(C(=O)N(C)C)C2)cn1C. The van der Waals surface area contributed by atoms with Gasteiger partial charge in [-0.3, -0.25) is 9.59 Å². The van der Waals surface area contributed by atoms with Crippen LogP contribution in [0.2, 0.25) is 0 Å². The maximum Gasteiger partial charge on any atom is 0.262 e. The third-order valence-electron chi connectivity index (χ3n) is 6.41. The summed E-state index contributed by atoms with van der Waals surface area (Å²) in [4.78, 5) is 33.6. The van der Waals surface area contributed by atoms with Crippen molar-refractivity contribution in [3.63, 3.8) is 0 Å². The molecule has 0 bridgehead atoms. The molecule has 2 atom stereocenters. The van der Waals surface area contributed by atoms with Crippen molar-refractivity contribution >= 4 is 21.8 Å². The van der Waals surface area contributed by atoms with Crippen LogP contribution in [-0.2, 0) is 21.9 Å². The number of hydrogen-bond donors (Lipinski definition) is 0. The lowest BCUT2D eigenvalue weighted by Gasteiger charge is -2.30. The van der Waals surface area contributed by atoms with E-state index in [0.29, 0.717) is 17.9 Å². The number of aromatic nitrogens is 2. The molecule has 3 heterocycles. The number of carbonyl (C=O) groups is 2. The summed E-state index contributed by atoms with van der Waals surface area (Å²) < 4.78 is 29.5. The maximum atomic E-state index is 13.3. The predicted molar refractivity (Wildman–Crippen MR) is 114 cm³/mol. The number of sulfonamides is 1. The Morgan fingerprint density at radius 2 is 1.81 bits per heavy atom. The number of rotatable bonds is 4. The molecule has 0 spiro atoms. The lowest BCUT2D eigenvalue weighted by Crippen LogP contribution is -2.48. The van der Waals surface area contributed by atoms with Gasteiger partial charge in [0.05, 0.1) is 5.41 Å². The highest BCUT2D eigenvalue weighted by atomic mass is 32.2. The molecule has 0 radical (unpaired) electrons. The zero-order valence-corrected chi connectivity index (χ0v) is 19.0. The molecule has 2 aliphatic rings.